The van der Waals surface area contributed by atoms with Crippen LogP contribution in [0.15, 0.2) is 42.6 Å². The Labute approximate surface area is 247 Å². The molecule has 41 heavy (non-hydrogen) atoms. The second-order valence-corrected chi connectivity index (χ2v) is 11.0. The number of nitrogens with two attached hydrogens (primary N) is 1. The van der Waals surface area contributed by atoms with Gasteiger partial charge in [0, 0.05) is 51.3 Å². The van der Waals surface area contributed by atoms with Gasteiger partial charge in [-0.3, -0.25) is 14.4 Å². The van der Waals surface area contributed by atoms with Gasteiger partial charge in [-0.15, -0.1) is 0 Å². The highest BCUT2D eigenvalue weighted by Gasteiger charge is 2.27. The summed E-state index contributed by atoms with van der Waals surface area (Å²) in [6, 6.07) is 10.9. The first-order chi connectivity index (χ1) is 19.3. The lowest BCUT2D eigenvalue weighted by Crippen LogP contribution is -2.26. The maximum absolute atomic E-state index is 12.9. The fourth-order valence-electron chi connectivity index (χ4n) is 4.84. The first-order valence-corrected chi connectivity index (χ1v) is 14.1. The molecule has 0 bridgehead atoms. The number of carbonyl (C=O) groups is 3. The number of rotatable bonds is 12. The van der Waals surface area contributed by atoms with E-state index >= 15 is 0 Å². The summed E-state index contributed by atoms with van der Waals surface area (Å²) in [4.78, 5) is 43.2. The summed E-state index contributed by atoms with van der Waals surface area (Å²) >= 11 is 6.82. The minimum atomic E-state index is -0.619. The number of primary amides is 1. The number of aromatic nitrogens is 2. The van der Waals surface area contributed by atoms with Crippen molar-refractivity contribution in [2.75, 3.05) is 14.1 Å². The molecule has 0 radical (unpaired) electrons. The number of hydrogen-bond donors (Lipinski definition) is 2. The van der Waals surface area contributed by atoms with Crippen LogP contribution in [0.3, 0.4) is 0 Å². The van der Waals surface area contributed by atoms with Gasteiger partial charge in [0.25, 0.3) is 0 Å². The number of nitrogens with one attached hydrogen (secondary N) is 1. The van der Waals surface area contributed by atoms with Gasteiger partial charge in [0.05, 0.1) is 22.9 Å². The normalized spacial score (nSPS) is 12.6. The summed E-state index contributed by atoms with van der Waals surface area (Å²) in [5, 5.41) is 3.18. The molecule has 0 fully saturated rings. The lowest BCUT2D eigenvalue weighted by Gasteiger charge is -2.24. The Morgan fingerprint density at radius 3 is 2.29 bits per heavy atom. The average Bonchev–Trinajstić information content (AvgIpc) is 3.33. The second kappa shape index (κ2) is 13.7. The van der Waals surface area contributed by atoms with Crippen molar-refractivity contribution in [3.05, 3.63) is 70.1 Å². The summed E-state index contributed by atoms with van der Waals surface area (Å²) in [5.41, 5.74) is 9.19. The molecule has 0 spiro atoms. The maximum Gasteiger partial charge on any atom is 0.249 e. The summed E-state index contributed by atoms with van der Waals surface area (Å²) in [5.74, 6) is -0.0370. The van der Waals surface area contributed by atoms with Crippen molar-refractivity contribution in [1.29, 1.82) is 0 Å². The Hall–Kier alpha value is -3.85. The highest BCUT2D eigenvalue weighted by atomic mass is 35.5. The fraction of sp³-hybridized carbons (Fsp3) is 0.419. The molecule has 0 aliphatic heterocycles. The van der Waals surface area contributed by atoms with Crippen molar-refractivity contribution in [2.24, 2.45) is 5.73 Å². The SMILES string of the molecule is CCn1cc(-c2ccc(CC(CC(=O)N(C)C)c3c(C(N)=O)ccc(OC(C)C)c3Cl)cc2)nc1C(C)NC(C)=O. The molecule has 3 N–H and O–H groups in total. The van der Waals surface area contributed by atoms with Crippen LogP contribution in [0.25, 0.3) is 11.3 Å². The molecule has 3 amide bonds. The van der Waals surface area contributed by atoms with E-state index in [0.29, 0.717) is 24.3 Å². The Morgan fingerprint density at radius 2 is 1.76 bits per heavy atom. The molecule has 1 aromatic heterocycles. The van der Waals surface area contributed by atoms with Crippen LogP contribution in [0.5, 0.6) is 5.75 Å². The zero-order valence-corrected chi connectivity index (χ0v) is 25.6. The topological polar surface area (TPSA) is 120 Å². The zero-order valence-electron chi connectivity index (χ0n) is 24.8. The van der Waals surface area contributed by atoms with E-state index in [-0.39, 0.29) is 41.0 Å². The standard InChI is InChI=1S/C31H40ClN5O4/c1-8-37-17-25(35-31(37)19(4)34-20(5)38)22-11-9-21(10-12-22)15-23(16-27(39)36(6)7)28-24(30(33)40)13-14-26(29(28)32)41-18(2)3/h9-14,17-19,23H,8,15-16H2,1-7H3,(H2,33,40)(H,34,38). The maximum atomic E-state index is 12.9. The smallest absolute Gasteiger partial charge is 0.249 e. The number of nitrogens with zero attached hydrogens (tertiary/aromatic N) is 3. The van der Waals surface area contributed by atoms with Crippen LogP contribution in [0.2, 0.25) is 5.02 Å². The molecule has 0 saturated heterocycles. The molecule has 2 aromatic carbocycles. The molecule has 2 unspecified atom stereocenters. The minimum Gasteiger partial charge on any atom is -0.489 e. The highest BCUT2D eigenvalue weighted by Crippen LogP contribution is 2.39. The van der Waals surface area contributed by atoms with E-state index in [0.717, 1.165) is 22.6 Å². The predicted octanol–water partition coefficient (Wildman–Crippen LogP) is 5.11. The van der Waals surface area contributed by atoms with Crippen LogP contribution >= 0.6 is 11.6 Å². The van der Waals surface area contributed by atoms with E-state index < -0.39 is 11.8 Å². The van der Waals surface area contributed by atoms with E-state index in [4.69, 9.17) is 27.1 Å². The van der Waals surface area contributed by atoms with Crippen molar-refractivity contribution >= 4 is 29.3 Å². The van der Waals surface area contributed by atoms with E-state index in [1.54, 1.807) is 26.2 Å². The van der Waals surface area contributed by atoms with Gasteiger partial charge in [0.15, 0.2) is 0 Å². The number of ether oxygens (including phenoxy) is 1. The lowest BCUT2D eigenvalue weighted by molar-refractivity contribution is -0.129. The van der Waals surface area contributed by atoms with Gasteiger partial charge in [-0.25, -0.2) is 4.98 Å². The Morgan fingerprint density at radius 1 is 1.10 bits per heavy atom. The molecule has 1 heterocycles. The number of amides is 3. The quantitative estimate of drug-likeness (QED) is 0.308. The third-order valence-corrected chi connectivity index (χ3v) is 7.18. The molecule has 0 saturated carbocycles. The van der Waals surface area contributed by atoms with E-state index in [1.807, 2.05) is 62.7 Å². The van der Waals surface area contributed by atoms with Crippen LogP contribution in [-0.4, -0.2) is 52.4 Å². The third kappa shape index (κ3) is 7.88. The predicted molar refractivity (Wildman–Crippen MR) is 161 cm³/mol. The molecule has 0 aliphatic rings. The van der Waals surface area contributed by atoms with Crippen molar-refractivity contribution in [1.82, 2.24) is 19.8 Å². The van der Waals surface area contributed by atoms with Crippen molar-refractivity contribution in [3.8, 4) is 17.0 Å². The highest BCUT2D eigenvalue weighted by molar-refractivity contribution is 6.33. The van der Waals surface area contributed by atoms with Crippen LogP contribution in [-0.2, 0) is 22.6 Å². The summed E-state index contributed by atoms with van der Waals surface area (Å²) in [6.45, 7) is 9.92. The first-order valence-electron chi connectivity index (χ1n) is 13.7. The van der Waals surface area contributed by atoms with Gasteiger partial charge in [-0.1, -0.05) is 35.9 Å². The zero-order chi connectivity index (χ0) is 30.4. The van der Waals surface area contributed by atoms with Gasteiger partial charge in [0.2, 0.25) is 17.7 Å². The Bertz CT molecular complexity index is 1400. The van der Waals surface area contributed by atoms with Crippen LogP contribution < -0.4 is 15.8 Å². The number of hydrogen-bond acceptors (Lipinski definition) is 5. The number of aryl methyl sites for hydroxylation is 1. The van der Waals surface area contributed by atoms with Crippen LogP contribution in [0, 0.1) is 0 Å². The summed E-state index contributed by atoms with van der Waals surface area (Å²) in [7, 11) is 3.39. The third-order valence-electron chi connectivity index (χ3n) is 6.79. The summed E-state index contributed by atoms with van der Waals surface area (Å²) in [6.07, 6.45) is 2.41. The van der Waals surface area contributed by atoms with E-state index in [9.17, 15) is 14.4 Å². The van der Waals surface area contributed by atoms with Crippen LogP contribution in [0.4, 0.5) is 0 Å². The molecule has 220 valence electrons. The van der Waals surface area contributed by atoms with Gasteiger partial charge in [0.1, 0.15) is 11.6 Å². The number of carbonyl (C=O) groups excluding carboxylic acids is 3. The van der Waals surface area contributed by atoms with E-state index in [1.165, 1.54) is 11.8 Å². The molecular weight excluding hydrogens is 542 g/mol. The Kier molecular flexibility index (Phi) is 10.6. The van der Waals surface area contributed by atoms with Gasteiger partial charge >= 0.3 is 0 Å². The molecule has 0 aliphatic carbocycles. The fourth-order valence-corrected chi connectivity index (χ4v) is 5.20. The van der Waals surface area contributed by atoms with Crippen molar-refractivity contribution < 1.29 is 19.1 Å². The largest absolute Gasteiger partial charge is 0.489 e. The first kappa shape index (κ1) is 31.7. The number of imidazole rings is 1. The monoisotopic (exact) mass is 581 g/mol. The molecule has 2 atom stereocenters. The van der Waals surface area contributed by atoms with Crippen molar-refractivity contribution in [3.63, 3.8) is 0 Å². The van der Waals surface area contributed by atoms with E-state index in [2.05, 4.69) is 5.32 Å². The molecule has 3 rings (SSSR count). The number of halogens is 1. The second-order valence-electron chi connectivity index (χ2n) is 10.7. The summed E-state index contributed by atoms with van der Waals surface area (Å²) < 4.78 is 7.91. The molecular formula is C31H40ClN5O4. The molecule has 10 heteroatoms. The van der Waals surface area contributed by atoms with Gasteiger partial charge < -0.3 is 25.3 Å². The Balaban J connectivity index is 1.99. The molecule has 3 aromatic rings. The van der Waals surface area contributed by atoms with Crippen LogP contribution in [0.1, 0.15) is 80.3 Å². The lowest BCUT2D eigenvalue weighted by atomic mass is 9.85. The van der Waals surface area contributed by atoms with Gasteiger partial charge in [-0.05, 0) is 63.3 Å². The van der Waals surface area contributed by atoms with Gasteiger partial charge in [-0.2, -0.15) is 0 Å². The number of benzene rings is 2. The van der Waals surface area contributed by atoms with Crippen molar-refractivity contribution in [2.45, 2.75) is 72.1 Å². The molecule has 9 nitrogen and oxygen atoms in total. The average molecular weight is 582 g/mol. The minimum absolute atomic E-state index is 0.0980.